The monoisotopic (exact) mass is 425 g/mol. The molecule has 0 radical (unpaired) electrons. The van der Waals surface area contributed by atoms with Crippen molar-refractivity contribution in [1.29, 1.82) is 0 Å². The van der Waals surface area contributed by atoms with Crippen molar-refractivity contribution in [2.75, 3.05) is 13.7 Å². The van der Waals surface area contributed by atoms with Crippen LogP contribution in [0.3, 0.4) is 0 Å². The Morgan fingerprint density at radius 2 is 1.93 bits per heavy atom. The normalized spacial score (nSPS) is 10.6. The van der Waals surface area contributed by atoms with E-state index in [0.717, 1.165) is 16.0 Å². The van der Waals surface area contributed by atoms with Crippen LogP contribution >= 0.6 is 11.3 Å². The first kappa shape index (κ1) is 21.7. The summed E-state index contributed by atoms with van der Waals surface area (Å²) in [6.45, 7) is 3.57. The Kier molecular flexibility index (Phi) is 7.74. The average Bonchev–Trinajstić information content (AvgIpc) is 3.29. The van der Waals surface area contributed by atoms with Crippen LogP contribution in [0.1, 0.15) is 29.3 Å². The van der Waals surface area contributed by atoms with Gasteiger partial charge in [-0.3, -0.25) is 4.79 Å². The number of aromatic hydroxyl groups is 1. The van der Waals surface area contributed by atoms with E-state index in [1.54, 1.807) is 35.5 Å². The number of hydrogen-bond acceptors (Lipinski definition) is 5. The smallest absolute Gasteiger partial charge is 0.223 e. The van der Waals surface area contributed by atoms with Gasteiger partial charge in [0.15, 0.2) is 11.5 Å². The minimum Gasteiger partial charge on any atom is -0.508 e. The van der Waals surface area contributed by atoms with Crippen LogP contribution in [-0.4, -0.2) is 29.6 Å². The van der Waals surface area contributed by atoms with Crippen molar-refractivity contribution in [3.63, 3.8) is 0 Å². The van der Waals surface area contributed by atoms with Crippen LogP contribution in [0.2, 0.25) is 0 Å². The molecule has 1 aromatic heterocycles. The molecule has 1 amide bonds. The van der Waals surface area contributed by atoms with Crippen LogP contribution in [0.5, 0.6) is 17.2 Å². The maximum atomic E-state index is 12.7. The van der Waals surface area contributed by atoms with Crippen molar-refractivity contribution in [1.82, 2.24) is 4.90 Å². The number of amides is 1. The average molecular weight is 426 g/mol. The Bertz CT molecular complexity index is 956. The topological polar surface area (TPSA) is 59.0 Å². The molecule has 0 aliphatic heterocycles. The van der Waals surface area contributed by atoms with Crippen molar-refractivity contribution < 1.29 is 19.4 Å². The first-order valence-electron chi connectivity index (χ1n) is 9.97. The van der Waals surface area contributed by atoms with Crippen LogP contribution in [0.4, 0.5) is 0 Å². The number of thiophene rings is 1. The number of hydrogen-bond donors (Lipinski definition) is 1. The molecule has 3 rings (SSSR count). The van der Waals surface area contributed by atoms with Crippen LogP contribution in [0.15, 0.2) is 60.0 Å². The summed E-state index contributed by atoms with van der Waals surface area (Å²) in [5, 5.41) is 11.9. The molecule has 0 aliphatic carbocycles. The maximum Gasteiger partial charge on any atom is 0.223 e. The van der Waals surface area contributed by atoms with Gasteiger partial charge in [0.1, 0.15) is 12.4 Å². The van der Waals surface area contributed by atoms with Crippen molar-refractivity contribution in [3.8, 4) is 17.2 Å². The number of aryl methyl sites for hydroxylation is 1. The van der Waals surface area contributed by atoms with Gasteiger partial charge < -0.3 is 19.5 Å². The Hall–Kier alpha value is -2.99. The molecule has 0 unspecified atom stereocenters. The fourth-order valence-corrected chi connectivity index (χ4v) is 3.81. The summed E-state index contributed by atoms with van der Waals surface area (Å²) in [4.78, 5) is 15.7. The largest absolute Gasteiger partial charge is 0.508 e. The van der Waals surface area contributed by atoms with Crippen LogP contribution < -0.4 is 9.47 Å². The summed E-state index contributed by atoms with van der Waals surface area (Å²) in [7, 11) is 1.62. The van der Waals surface area contributed by atoms with Gasteiger partial charge in [-0.1, -0.05) is 30.3 Å². The first-order chi connectivity index (χ1) is 14.6. The molecule has 0 bridgehead atoms. The minimum atomic E-state index is 0.0535. The molecule has 0 aliphatic rings. The Morgan fingerprint density at radius 1 is 1.10 bits per heavy atom. The second-order valence-electron chi connectivity index (χ2n) is 6.89. The third-order valence-electron chi connectivity index (χ3n) is 4.89. The van der Waals surface area contributed by atoms with E-state index in [2.05, 4.69) is 0 Å². The van der Waals surface area contributed by atoms with Crippen molar-refractivity contribution >= 4 is 17.2 Å². The van der Waals surface area contributed by atoms with Gasteiger partial charge in [-0.25, -0.2) is 0 Å². The van der Waals surface area contributed by atoms with E-state index in [4.69, 9.17) is 9.47 Å². The molecular formula is C24H27NO4S. The zero-order valence-corrected chi connectivity index (χ0v) is 18.2. The minimum absolute atomic E-state index is 0.0535. The number of phenols is 1. The molecule has 6 heteroatoms. The number of ether oxygens (including phenoxy) is 2. The van der Waals surface area contributed by atoms with Gasteiger partial charge in [-0.2, -0.15) is 0 Å². The Labute approximate surface area is 181 Å². The highest BCUT2D eigenvalue weighted by Gasteiger charge is 2.15. The Morgan fingerprint density at radius 3 is 2.63 bits per heavy atom. The van der Waals surface area contributed by atoms with E-state index in [0.29, 0.717) is 44.0 Å². The lowest BCUT2D eigenvalue weighted by Crippen LogP contribution is -2.30. The molecule has 1 heterocycles. The number of methoxy groups -OCH3 is 1. The molecule has 0 saturated carbocycles. The molecule has 5 nitrogen and oxygen atoms in total. The van der Waals surface area contributed by atoms with Gasteiger partial charge in [-0.15, -0.1) is 11.3 Å². The molecule has 0 atom stereocenters. The number of benzene rings is 2. The fourth-order valence-electron chi connectivity index (χ4n) is 3.19. The van der Waals surface area contributed by atoms with Gasteiger partial charge >= 0.3 is 0 Å². The van der Waals surface area contributed by atoms with Crippen LogP contribution in [0, 0.1) is 0 Å². The lowest BCUT2D eigenvalue weighted by atomic mass is 10.1. The maximum absolute atomic E-state index is 12.7. The van der Waals surface area contributed by atoms with E-state index in [1.165, 1.54) is 0 Å². The Balaban J connectivity index is 1.61. The quantitative estimate of drug-likeness (QED) is 0.495. The van der Waals surface area contributed by atoms with Crippen LogP contribution in [0.25, 0.3) is 0 Å². The van der Waals surface area contributed by atoms with Gasteiger partial charge in [-0.05, 0) is 54.1 Å². The zero-order chi connectivity index (χ0) is 21.3. The highest BCUT2D eigenvalue weighted by atomic mass is 32.1. The van der Waals surface area contributed by atoms with Crippen LogP contribution in [-0.2, 0) is 24.4 Å². The zero-order valence-electron chi connectivity index (χ0n) is 17.3. The summed E-state index contributed by atoms with van der Waals surface area (Å²) < 4.78 is 11.4. The number of phenolic OH excluding ortho intramolecular Hbond substituents is 1. The van der Waals surface area contributed by atoms with Crippen molar-refractivity contribution in [2.24, 2.45) is 0 Å². The predicted octanol–water partition coefficient (Wildman–Crippen LogP) is 5.02. The standard InChI is InChI=1S/C24H27NO4S/c1-3-25(24(27)13-11-19-7-4-5-9-21(19)26)16-18-10-12-22(23(15-18)28-2)29-17-20-8-6-14-30-20/h4-10,12,14-15,26H,3,11,13,16-17H2,1-2H3. The van der Waals surface area contributed by atoms with E-state index < -0.39 is 0 Å². The summed E-state index contributed by atoms with van der Waals surface area (Å²) in [6.07, 6.45) is 0.866. The molecule has 158 valence electrons. The number of carbonyl (C=O) groups is 1. The molecule has 0 spiro atoms. The molecule has 3 aromatic rings. The lowest BCUT2D eigenvalue weighted by molar-refractivity contribution is -0.131. The molecule has 0 fully saturated rings. The van der Waals surface area contributed by atoms with E-state index in [1.807, 2.05) is 54.8 Å². The number of carbonyl (C=O) groups excluding carboxylic acids is 1. The van der Waals surface area contributed by atoms with Crippen molar-refractivity contribution in [3.05, 3.63) is 76.0 Å². The summed E-state index contributed by atoms with van der Waals surface area (Å²) in [5.41, 5.74) is 1.77. The van der Waals surface area contributed by atoms with Gasteiger partial charge in [0.2, 0.25) is 5.91 Å². The van der Waals surface area contributed by atoms with E-state index >= 15 is 0 Å². The second-order valence-corrected chi connectivity index (χ2v) is 7.92. The number of nitrogens with zero attached hydrogens (tertiary/aromatic N) is 1. The van der Waals surface area contributed by atoms with Gasteiger partial charge in [0.05, 0.1) is 7.11 Å². The van der Waals surface area contributed by atoms with Crippen molar-refractivity contribution in [2.45, 2.75) is 32.9 Å². The van der Waals surface area contributed by atoms with Gasteiger partial charge in [0.25, 0.3) is 0 Å². The summed E-state index contributed by atoms with van der Waals surface area (Å²) >= 11 is 1.65. The third-order valence-corrected chi connectivity index (χ3v) is 5.74. The SMILES string of the molecule is CCN(Cc1ccc(OCc2cccs2)c(OC)c1)C(=O)CCc1ccccc1O. The third kappa shape index (κ3) is 5.76. The van der Waals surface area contributed by atoms with Gasteiger partial charge in [0, 0.05) is 24.4 Å². The van der Waals surface area contributed by atoms with E-state index in [-0.39, 0.29) is 11.7 Å². The lowest BCUT2D eigenvalue weighted by Gasteiger charge is -2.22. The summed E-state index contributed by atoms with van der Waals surface area (Å²) in [6, 6.07) is 16.9. The second kappa shape index (κ2) is 10.7. The number of rotatable bonds is 10. The molecule has 30 heavy (non-hydrogen) atoms. The summed E-state index contributed by atoms with van der Waals surface area (Å²) in [5.74, 6) is 1.62. The first-order valence-corrected chi connectivity index (χ1v) is 10.9. The number of para-hydroxylation sites is 1. The molecule has 1 N–H and O–H groups in total. The molecular weight excluding hydrogens is 398 g/mol. The highest BCUT2D eigenvalue weighted by Crippen LogP contribution is 2.30. The highest BCUT2D eigenvalue weighted by molar-refractivity contribution is 7.09. The molecule has 2 aromatic carbocycles. The fraction of sp³-hybridized carbons (Fsp3) is 0.292. The molecule has 0 saturated heterocycles. The predicted molar refractivity (Wildman–Crippen MR) is 119 cm³/mol. The van der Waals surface area contributed by atoms with E-state index in [9.17, 15) is 9.90 Å².